The number of hydrogen-bond donors (Lipinski definition) is 1. The molecule has 0 amide bonds. The van der Waals surface area contributed by atoms with E-state index in [0.29, 0.717) is 6.04 Å². The molecule has 1 heterocycles. The van der Waals surface area contributed by atoms with Crippen LogP contribution in [0.2, 0.25) is 0 Å². The van der Waals surface area contributed by atoms with Crippen molar-refractivity contribution in [2.45, 2.75) is 25.4 Å². The summed E-state index contributed by atoms with van der Waals surface area (Å²) in [6.45, 7) is 2.74. The number of thioether (sulfide) groups is 1. The molecule has 1 aliphatic heterocycles. The van der Waals surface area contributed by atoms with E-state index in [9.17, 15) is 0 Å². The summed E-state index contributed by atoms with van der Waals surface area (Å²) >= 11 is 1.89. The van der Waals surface area contributed by atoms with Gasteiger partial charge in [-0.1, -0.05) is 0 Å². The van der Waals surface area contributed by atoms with Crippen LogP contribution in [0.1, 0.15) is 17.5 Å². The maximum absolute atomic E-state index is 5.97. The summed E-state index contributed by atoms with van der Waals surface area (Å²) in [7, 11) is 3.37. The standard InChI is InChI=1S/C16H26N2O2S/c1-19-15-8-12-4-6-18(14(10-17)5-7-21-3)11-13(12)9-16(15)20-2/h8-9,14H,4-7,10-11,17H2,1-3H3. The minimum atomic E-state index is 0.471. The molecule has 0 spiro atoms. The second-order valence-electron chi connectivity index (χ2n) is 5.37. The smallest absolute Gasteiger partial charge is 0.161 e. The van der Waals surface area contributed by atoms with Crippen LogP contribution in [0.4, 0.5) is 0 Å². The van der Waals surface area contributed by atoms with E-state index >= 15 is 0 Å². The van der Waals surface area contributed by atoms with Gasteiger partial charge in [0, 0.05) is 25.7 Å². The molecule has 0 saturated carbocycles. The number of nitrogens with zero attached hydrogens (tertiary/aromatic N) is 1. The van der Waals surface area contributed by atoms with Gasteiger partial charge in [-0.15, -0.1) is 0 Å². The molecule has 2 N–H and O–H groups in total. The fraction of sp³-hybridized carbons (Fsp3) is 0.625. The zero-order valence-electron chi connectivity index (χ0n) is 13.2. The Morgan fingerprint density at radius 2 is 1.90 bits per heavy atom. The molecule has 0 aliphatic carbocycles. The monoisotopic (exact) mass is 310 g/mol. The Bertz CT molecular complexity index is 468. The van der Waals surface area contributed by atoms with Crippen molar-refractivity contribution in [3.8, 4) is 11.5 Å². The molecule has 2 rings (SSSR count). The van der Waals surface area contributed by atoms with Gasteiger partial charge < -0.3 is 15.2 Å². The molecule has 1 aromatic carbocycles. The maximum atomic E-state index is 5.97. The van der Waals surface area contributed by atoms with Crippen LogP contribution < -0.4 is 15.2 Å². The highest BCUT2D eigenvalue weighted by molar-refractivity contribution is 7.98. The zero-order valence-corrected chi connectivity index (χ0v) is 14.0. The first-order valence-electron chi connectivity index (χ1n) is 7.40. The first-order valence-corrected chi connectivity index (χ1v) is 8.79. The molecule has 1 aliphatic rings. The lowest BCUT2D eigenvalue weighted by atomic mass is 9.97. The van der Waals surface area contributed by atoms with E-state index in [1.54, 1.807) is 14.2 Å². The lowest BCUT2D eigenvalue weighted by molar-refractivity contribution is 0.178. The quantitative estimate of drug-likeness (QED) is 0.836. The first kappa shape index (κ1) is 16.5. The summed E-state index contributed by atoms with van der Waals surface area (Å²) in [4.78, 5) is 2.50. The topological polar surface area (TPSA) is 47.7 Å². The number of nitrogens with two attached hydrogens (primary N) is 1. The Hall–Kier alpha value is -0.910. The van der Waals surface area contributed by atoms with Gasteiger partial charge in [0.05, 0.1) is 14.2 Å². The highest BCUT2D eigenvalue weighted by atomic mass is 32.2. The Morgan fingerprint density at radius 3 is 2.48 bits per heavy atom. The predicted octanol–water partition coefficient (Wildman–Crippen LogP) is 2.14. The van der Waals surface area contributed by atoms with Gasteiger partial charge >= 0.3 is 0 Å². The largest absolute Gasteiger partial charge is 0.493 e. The number of benzene rings is 1. The molecule has 0 fully saturated rings. The molecule has 1 atom stereocenters. The van der Waals surface area contributed by atoms with Gasteiger partial charge in [0.25, 0.3) is 0 Å². The molecular formula is C16H26N2O2S. The molecule has 0 aromatic heterocycles. The molecule has 0 bridgehead atoms. The highest BCUT2D eigenvalue weighted by Gasteiger charge is 2.24. The minimum absolute atomic E-state index is 0.471. The molecule has 21 heavy (non-hydrogen) atoms. The number of hydrogen-bond acceptors (Lipinski definition) is 5. The summed E-state index contributed by atoms with van der Waals surface area (Å²) in [5, 5.41) is 0. The molecular weight excluding hydrogens is 284 g/mol. The number of methoxy groups -OCH3 is 2. The normalized spacial score (nSPS) is 16.4. The van der Waals surface area contributed by atoms with Crippen LogP contribution in [0, 0.1) is 0 Å². The fourth-order valence-electron chi connectivity index (χ4n) is 2.92. The Balaban J connectivity index is 2.15. The maximum Gasteiger partial charge on any atom is 0.161 e. The average molecular weight is 310 g/mol. The van der Waals surface area contributed by atoms with Crippen molar-refractivity contribution < 1.29 is 9.47 Å². The van der Waals surface area contributed by atoms with Crippen LogP contribution in [0.15, 0.2) is 12.1 Å². The van der Waals surface area contributed by atoms with Crippen LogP contribution in [-0.2, 0) is 13.0 Å². The number of ether oxygens (including phenoxy) is 2. The van der Waals surface area contributed by atoms with Crippen LogP contribution in [0.3, 0.4) is 0 Å². The zero-order chi connectivity index (χ0) is 15.2. The summed E-state index contributed by atoms with van der Waals surface area (Å²) in [6, 6.07) is 4.70. The van der Waals surface area contributed by atoms with Gasteiger partial charge in [0.15, 0.2) is 11.5 Å². The van der Waals surface area contributed by atoms with Crippen LogP contribution in [0.25, 0.3) is 0 Å². The van der Waals surface area contributed by atoms with Crippen molar-refractivity contribution in [1.29, 1.82) is 0 Å². The lowest BCUT2D eigenvalue weighted by Crippen LogP contribution is -2.43. The van der Waals surface area contributed by atoms with Crippen molar-refractivity contribution in [2.75, 3.05) is 39.3 Å². The van der Waals surface area contributed by atoms with E-state index in [1.165, 1.54) is 11.1 Å². The van der Waals surface area contributed by atoms with Crippen LogP contribution in [0.5, 0.6) is 11.5 Å². The molecule has 118 valence electrons. The second kappa shape index (κ2) is 7.92. The predicted molar refractivity (Wildman–Crippen MR) is 89.5 cm³/mol. The number of fused-ring (bicyclic) bond motifs is 1. The van der Waals surface area contributed by atoms with Gasteiger partial charge in [0.1, 0.15) is 0 Å². The van der Waals surface area contributed by atoms with Gasteiger partial charge in [-0.05, 0) is 48.1 Å². The minimum Gasteiger partial charge on any atom is -0.493 e. The molecule has 1 unspecified atom stereocenters. The summed E-state index contributed by atoms with van der Waals surface area (Å²) in [5.74, 6) is 2.80. The number of rotatable bonds is 7. The van der Waals surface area contributed by atoms with Gasteiger partial charge in [-0.3, -0.25) is 4.90 Å². The van der Waals surface area contributed by atoms with Gasteiger partial charge in [-0.25, -0.2) is 0 Å². The lowest BCUT2D eigenvalue weighted by Gasteiger charge is -2.35. The van der Waals surface area contributed by atoms with Gasteiger partial charge in [0.2, 0.25) is 0 Å². The summed E-state index contributed by atoms with van der Waals surface area (Å²) in [6.07, 6.45) is 4.35. The van der Waals surface area contributed by atoms with Crippen molar-refractivity contribution in [1.82, 2.24) is 4.90 Å². The third-order valence-electron chi connectivity index (χ3n) is 4.19. The van der Waals surface area contributed by atoms with Crippen molar-refractivity contribution in [2.24, 2.45) is 5.73 Å². The first-order chi connectivity index (χ1) is 10.2. The summed E-state index contributed by atoms with van der Waals surface area (Å²) in [5.41, 5.74) is 8.67. The average Bonchev–Trinajstić information content (AvgIpc) is 2.54. The van der Waals surface area contributed by atoms with E-state index in [0.717, 1.165) is 49.7 Å². The van der Waals surface area contributed by atoms with Crippen LogP contribution in [-0.4, -0.2) is 50.3 Å². The van der Waals surface area contributed by atoms with Crippen molar-refractivity contribution in [3.05, 3.63) is 23.3 Å². The van der Waals surface area contributed by atoms with E-state index in [4.69, 9.17) is 15.2 Å². The van der Waals surface area contributed by atoms with E-state index in [-0.39, 0.29) is 0 Å². The molecule has 4 nitrogen and oxygen atoms in total. The van der Waals surface area contributed by atoms with E-state index in [2.05, 4.69) is 23.3 Å². The Kier molecular flexibility index (Phi) is 6.21. The van der Waals surface area contributed by atoms with E-state index < -0.39 is 0 Å². The molecule has 0 radical (unpaired) electrons. The Labute approximate surface area is 132 Å². The highest BCUT2D eigenvalue weighted by Crippen LogP contribution is 2.33. The summed E-state index contributed by atoms with van der Waals surface area (Å²) < 4.78 is 10.8. The van der Waals surface area contributed by atoms with Gasteiger partial charge in [-0.2, -0.15) is 11.8 Å². The Morgan fingerprint density at radius 1 is 1.24 bits per heavy atom. The molecule has 1 aromatic rings. The molecule has 0 saturated heterocycles. The third kappa shape index (κ3) is 3.84. The van der Waals surface area contributed by atoms with Crippen molar-refractivity contribution in [3.63, 3.8) is 0 Å². The van der Waals surface area contributed by atoms with Crippen molar-refractivity contribution >= 4 is 11.8 Å². The van der Waals surface area contributed by atoms with Crippen LogP contribution >= 0.6 is 11.8 Å². The third-order valence-corrected chi connectivity index (χ3v) is 4.84. The van der Waals surface area contributed by atoms with E-state index in [1.807, 2.05) is 11.8 Å². The fourth-order valence-corrected chi connectivity index (χ4v) is 3.43. The SMILES string of the molecule is COc1cc2c(cc1OC)CN(C(CN)CCSC)CC2. The molecule has 5 heteroatoms. The second-order valence-corrected chi connectivity index (χ2v) is 6.35.